The summed E-state index contributed by atoms with van der Waals surface area (Å²) in [4.78, 5) is 11.9. The fraction of sp³-hybridized carbons (Fsp3) is 0.250. The lowest BCUT2D eigenvalue weighted by molar-refractivity contribution is -0.119. The second kappa shape index (κ2) is 8.90. The number of hydrogen-bond donors (Lipinski definition) is 2. The van der Waals surface area contributed by atoms with E-state index in [0.717, 1.165) is 22.1 Å². The lowest BCUT2D eigenvalue weighted by Crippen LogP contribution is -2.36. The zero-order valence-corrected chi connectivity index (χ0v) is 16.3. The largest absolute Gasteiger partial charge is 0.454 e. The third kappa shape index (κ3) is 5.83. The summed E-state index contributed by atoms with van der Waals surface area (Å²) in [5.41, 5.74) is 2.85. The average molecular weight is 402 g/mol. The smallest absolute Gasteiger partial charge is 0.235 e. The highest BCUT2D eigenvalue weighted by atomic mass is 32.2. The number of benzene rings is 2. The van der Waals surface area contributed by atoms with Crippen molar-refractivity contribution in [2.24, 2.45) is 0 Å². The van der Waals surface area contributed by atoms with Gasteiger partial charge in [-0.15, -0.1) is 0 Å². The molecular formula is C20H22N2O5S. The zero-order chi connectivity index (χ0) is 20.0. The summed E-state index contributed by atoms with van der Waals surface area (Å²) in [7, 11) is -3.69. The van der Waals surface area contributed by atoms with E-state index in [1.54, 1.807) is 0 Å². The first-order valence-electron chi connectivity index (χ1n) is 8.81. The van der Waals surface area contributed by atoms with Crippen LogP contribution in [0.5, 0.6) is 11.5 Å². The Labute approximate surface area is 164 Å². The number of carbonyl (C=O) groups excluding carboxylic acids is 1. The second-order valence-electron chi connectivity index (χ2n) is 6.37. The summed E-state index contributed by atoms with van der Waals surface area (Å²) >= 11 is 0. The molecule has 0 atom stereocenters. The number of rotatable bonds is 8. The zero-order valence-electron chi connectivity index (χ0n) is 15.5. The van der Waals surface area contributed by atoms with Gasteiger partial charge in [-0.1, -0.05) is 35.9 Å². The molecule has 2 aromatic rings. The topological polar surface area (TPSA) is 93.7 Å². The van der Waals surface area contributed by atoms with Crippen molar-refractivity contribution in [3.63, 3.8) is 0 Å². The third-order valence-corrected chi connectivity index (χ3v) is 5.16. The maximum atomic E-state index is 12.0. The van der Waals surface area contributed by atoms with Crippen LogP contribution in [0.1, 0.15) is 16.7 Å². The summed E-state index contributed by atoms with van der Waals surface area (Å²) in [5.74, 6) is 1.01. The SMILES string of the molecule is Cc1ccc(/C=C/S(=O)(=O)NCC(=O)NCCc2ccc3c(c2)OCO3)cc1. The van der Waals surface area contributed by atoms with Crippen molar-refractivity contribution in [1.29, 1.82) is 0 Å². The molecule has 0 aliphatic carbocycles. The van der Waals surface area contributed by atoms with Crippen molar-refractivity contribution in [2.45, 2.75) is 13.3 Å². The van der Waals surface area contributed by atoms with E-state index in [1.807, 2.05) is 49.4 Å². The molecule has 0 spiro atoms. The summed E-state index contributed by atoms with van der Waals surface area (Å²) in [5, 5.41) is 3.74. The number of sulfonamides is 1. The molecular weight excluding hydrogens is 380 g/mol. The van der Waals surface area contributed by atoms with E-state index in [0.29, 0.717) is 24.5 Å². The fourth-order valence-corrected chi connectivity index (χ4v) is 3.33. The molecule has 28 heavy (non-hydrogen) atoms. The molecule has 1 aliphatic rings. The average Bonchev–Trinajstić information content (AvgIpc) is 3.14. The summed E-state index contributed by atoms with van der Waals surface area (Å²) < 4.78 is 36.8. The van der Waals surface area contributed by atoms with E-state index >= 15 is 0 Å². The molecule has 0 saturated heterocycles. The van der Waals surface area contributed by atoms with Crippen LogP contribution in [-0.2, 0) is 21.2 Å². The van der Waals surface area contributed by atoms with Gasteiger partial charge in [-0.25, -0.2) is 13.1 Å². The summed E-state index contributed by atoms with van der Waals surface area (Å²) in [6.07, 6.45) is 2.09. The van der Waals surface area contributed by atoms with Gasteiger partial charge in [0.05, 0.1) is 6.54 Å². The lowest BCUT2D eigenvalue weighted by atomic mass is 10.1. The monoisotopic (exact) mass is 402 g/mol. The minimum Gasteiger partial charge on any atom is -0.454 e. The molecule has 0 saturated carbocycles. The first kappa shape index (κ1) is 19.9. The van der Waals surface area contributed by atoms with Crippen molar-refractivity contribution in [3.05, 3.63) is 64.6 Å². The van der Waals surface area contributed by atoms with Gasteiger partial charge in [0, 0.05) is 12.0 Å². The Balaban J connectivity index is 1.41. The molecule has 1 amide bonds. The Morgan fingerprint density at radius 3 is 2.64 bits per heavy atom. The van der Waals surface area contributed by atoms with Crippen LogP contribution in [0.15, 0.2) is 47.9 Å². The molecule has 2 N–H and O–H groups in total. The predicted octanol–water partition coefficient (Wildman–Crippen LogP) is 1.97. The van der Waals surface area contributed by atoms with Gasteiger partial charge in [-0.3, -0.25) is 4.79 Å². The molecule has 0 fully saturated rings. The predicted molar refractivity (Wildman–Crippen MR) is 106 cm³/mol. The van der Waals surface area contributed by atoms with Gasteiger partial charge in [0.1, 0.15) is 0 Å². The van der Waals surface area contributed by atoms with Crippen molar-refractivity contribution < 1.29 is 22.7 Å². The Bertz CT molecular complexity index is 969. The number of aryl methyl sites for hydroxylation is 1. The molecule has 148 valence electrons. The number of amides is 1. The van der Waals surface area contributed by atoms with Crippen molar-refractivity contribution in [2.75, 3.05) is 19.9 Å². The van der Waals surface area contributed by atoms with Gasteiger partial charge in [0.15, 0.2) is 11.5 Å². The first-order valence-corrected chi connectivity index (χ1v) is 10.4. The highest BCUT2D eigenvalue weighted by Crippen LogP contribution is 2.32. The molecule has 1 heterocycles. The molecule has 0 radical (unpaired) electrons. The maximum absolute atomic E-state index is 12.0. The highest BCUT2D eigenvalue weighted by molar-refractivity contribution is 7.92. The Morgan fingerprint density at radius 1 is 1.11 bits per heavy atom. The van der Waals surface area contributed by atoms with E-state index in [4.69, 9.17) is 9.47 Å². The Hall–Kier alpha value is -2.84. The van der Waals surface area contributed by atoms with Crippen LogP contribution in [-0.4, -0.2) is 34.2 Å². The molecule has 3 rings (SSSR count). The minimum absolute atomic E-state index is 0.216. The molecule has 2 aromatic carbocycles. The molecule has 0 unspecified atom stereocenters. The van der Waals surface area contributed by atoms with E-state index in [9.17, 15) is 13.2 Å². The third-order valence-electron chi connectivity index (χ3n) is 4.12. The number of hydrogen-bond acceptors (Lipinski definition) is 5. The van der Waals surface area contributed by atoms with E-state index in [-0.39, 0.29) is 13.3 Å². The van der Waals surface area contributed by atoms with Crippen LogP contribution in [0.2, 0.25) is 0 Å². The molecule has 8 heteroatoms. The van der Waals surface area contributed by atoms with Crippen molar-refractivity contribution >= 4 is 22.0 Å². The van der Waals surface area contributed by atoms with Crippen LogP contribution in [0.4, 0.5) is 0 Å². The molecule has 0 aromatic heterocycles. The number of ether oxygens (including phenoxy) is 2. The summed E-state index contributed by atoms with van der Waals surface area (Å²) in [6.45, 7) is 2.24. The highest BCUT2D eigenvalue weighted by Gasteiger charge is 2.13. The van der Waals surface area contributed by atoms with Gasteiger partial charge in [-0.2, -0.15) is 0 Å². The second-order valence-corrected chi connectivity index (χ2v) is 8.02. The Morgan fingerprint density at radius 2 is 1.86 bits per heavy atom. The lowest BCUT2D eigenvalue weighted by Gasteiger charge is -2.07. The van der Waals surface area contributed by atoms with Gasteiger partial charge >= 0.3 is 0 Å². The van der Waals surface area contributed by atoms with E-state index in [1.165, 1.54) is 6.08 Å². The van der Waals surface area contributed by atoms with Crippen LogP contribution in [0.25, 0.3) is 6.08 Å². The maximum Gasteiger partial charge on any atom is 0.235 e. The van der Waals surface area contributed by atoms with E-state index < -0.39 is 15.9 Å². The molecule has 7 nitrogen and oxygen atoms in total. The van der Waals surface area contributed by atoms with Crippen LogP contribution >= 0.6 is 0 Å². The quantitative estimate of drug-likeness (QED) is 0.704. The normalized spacial score (nSPS) is 13.0. The standard InChI is InChI=1S/C20H22N2O5S/c1-15-2-4-16(5-3-15)9-11-28(24,25)22-13-20(23)21-10-8-17-6-7-18-19(12-17)27-14-26-18/h2-7,9,11-12,22H,8,10,13-14H2,1H3,(H,21,23)/b11-9+. The van der Waals surface area contributed by atoms with Gasteiger partial charge in [0.2, 0.25) is 22.7 Å². The first-order chi connectivity index (χ1) is 13.4. The van der Waals surface area contributed by atoms with Gasteiger partial charge < -0.3 is 14.8 Å². The van der Waals surface area contributed by atoms with Crippen molar-refractivity contribution in [3.8, 4) is 11.5 Å². The van der Waals surface area contributed by atoms with Gasteiger partial charge in [-0.05, 0) is 42.7 Å². The van der Waals surface area contributed by atoms with Crippen LogP contribution < -0.4 is 19.5 Å². The number of nitrogens with one attached hydrogen (secondary N) is 2. The Kier molecular flexibility index (Phi) is 6.33. The number of fused-ring (bicyclic) bond motifs is 1. The van der Waals surface area contributed by atoms with Crippen molar-refractivity contribution in [1.82, 2.24) is 10.0 Å². The number of carbonyl (C=O) groups is 1. The van der Waals surface area contributed by atoms with E-state index in [2.05, 4.69) is 10.0 Å². The fourth-order valence-electron chi connectivity index (χ4n) is 2.57. The molecule has 0 bridgehead atoms. The van der Waals surface area contributed by atoms with Crippen LogP contribution in [0, 0.1) is 6.92 Å². The minimum atomic E-state index is -3.69. The van der Waals surface area contributed by atoms with Gasteiger partial charge in [0.25, 0.3) is 0 Å². The van der Waals surface area contributed by atoms with Crippen LogP contribution in [0.3, 0.4) is 0 Å². The summed E-state index contributed by atoms with van der Waals surface area (Å²) in [6, 6.07) is 13.0. The molecule has 1 aliphatic heterocycles.